The molecule has 1 rings (SSSR count). The van der Waals surface area contributed by atoms with Gasteiger partial charge >= 0.3 is 0 Å². The van der Waals surface area contributed by atoms with Crippen molar-refractivity contribution in [2.24, 2.45) is 0 Å². The predicted octanol–water partition coefficient (Wildman–Crippen LogP) is 3.40. The molecule has 1 aromatic carbocycles. The number of hydrogen-bond acceptors (Lipinski definition) is 1. The first-order valence-electron chi connectivity index (χ1n) is 5.95. The Morgan fingerprint density at radius 2 is 1.75 bits per heavy atom. The van der Waals surface area contributed by atoms with Crippen molar-refractivity contribution in [3.8, 4) is 0 Å². The molecule has 0 atom stereocenters. The Bertz CT molecular complexity index is 359. The highest BCUT2D eigenvalue weighted by Gasteiger charge is 2.30. The van der Waals surface area contributed by atoms with Gasteiger partial charge in [-0.05, 0) is 42.9 Å². The van der Waals surface area contributed by atoms with Crippen molar-refractivity contribution in [2.45, 2.75) is 33.9 Å². The van der Waals surface area contributed by atoms with Crippen molar-refractivity contribution < 1.29 is 0 Å². The van der Waals surface area contributed by atoms with Crippen LogP contribution in [0.5, 0.6) is 0 Å². The van der Waals surface area contributed by atoms with Crippen LogP contribution in [0.4, 0.5) is 0 Å². The molecule has 0 aliphatic heterocycles. The van der Waals surface area contributed by atoms with Gasteiger partial charge in [-0.15, -0.1) is 0 Å². The monoisotopic (exact) mass is 255 g/mol. The molecule has 0 saturated heterocycles. The molecule has 0 bridgehead atoms. The van der Waals surface area contributed by atoms with Crippen LogP contribution in [0.3, 0.4) is 0 Å². The van der Waals surface area contributed by atoms with E-state index in [9.17, 15) is 0 Å². The fourth-order valence-corrected chi connectivity index (χ4v) is 6.17. The van der Waals surface area contributed by atoms with Crippen LogP contribution in [0.25, 0.3) is 0 Å². The fraction of sp³-hybridized carbons (Fsp3) is 0.538. The van der Waals surface area contributed by atoms with E-state index in [2.05, 4.69) is 50.6 Å². The average Bonchev–Trinajstić information content (AvgIpc) is 2.18. The third kappa shape index (κ3) is 2.68. The van der Waals surface area contributed by atoms with Gasteiger partial charge < -0.3 is 4.57 Å². The van der Waals surface area contributed by atoms with Crippen LogP contribution in [-0.2, 0) is 0 Å². The Hall–Kier alpha value is -0.313. The van der Waals surface area contributed by atoms with E-state index in [4.69, 9.17) is 11.6 Å². The van der Waals surface area contributed by atoms with Crippen LogP contribution in [0, 0.1) is 6.92 Å². The molecule has 0 spiro atoms. The van der Waals surface area contributed by atoms with Crippen molar-refractivity contribution in [1.82, 2.24) is 4.57 Å². The average molecular weight is 256 g/mol. The van der Waals surface area contributed by atoms with Crippen LogP contribution in [-0.4, -0.2) is 25.9 Å². The predicted molar refractivity (Wildman–Crippen MR) is 76.2 cm³/mol. The molecular weight excluding hydrogens is 234 g/mol. The number of nitrogens with zero attached hydrogens (tertiary/aromatic N) is 1. The van der Waals surface area contributed by atoms with Crippen LogP contribution in [0.2, 0.25) is 18.1 Å². The molecule has 1 aromatic rings. The number of hydrogen-bond donors (Lipinski definition) is 0. The summed E-state index contributed by atoms with van der Waals surface area (Å²) in [6.07, 6.45) is 0. The lowest BCUT2D eigenvalue weighted by Gasteiger charge is -2.36. The highest BCUT2D eigenvalue weighted by molar-refractivity contribution is 6.87. The second kappa shape index (κ2) is 5.35. The van der Waals surface area contributed by atoms with Crippen LogP contribution in [0.1, 0.15) is 19.4 Å². The van der Waals surface area contributed by atoms with E-state index in [0.717, 1.165) is 18.1 Å². The number of halogens is 1. The molecule has 0 fully saturated rings. The first-order chi connectivity index (χ1) is 7.43. The largest absolute Gasteiger partial charge is 0.321 e. The third-order valence-corrected chi connectivity index (χ3v) is 7.73. The van der Waals surface area contributed by atoms with Crippen LogP contribution in [0.15, 0.2) is 18.2 Å². The SMILES string of the molecule is CCN(CC)[Si](C)(C)c1ccc(Cl)cc1C. The summed E-state index contributed by atoms with van der Waals surface area (Å²) < 4.78 is 2.60. The molecule has 16 heavy (non-hydrogen) atoms. The van der Waals surface area contributed by atoms with E-state index in [1.807, 2.05) is 6.07 Å². The van der Waals surface area contributed by atoms with Gasteiger partial charge in [0.15, 0.2) is 8.24 Å². The summed E-state index contributed by atoms with van der Waals surface area (Å²) in [5, 5.41) is 2.34. The Balaban J connectivity index is 3.15. The molecule has 0 heterocycles. The molecule has 1 nitrogen and oxygen atoms in total. The number of aryl methyl sites for hydroxylation is 1. The normalized spacial score (nSPS) is 12.2. The summed E-state index contributed by atoms with van der Waals surface area (Å²) in [6, 6.07) is 6.31. The molecular formula is C13H22ClNSi. The quantitative estimate of drug-likeness (QED) is 0.746. The van der Waals surface area contributed by atoms with E-state index >= 15 is 0 Å². The van der Waals surface area contributed by atoms with Crippen molar-refractivity contribution in [1.29, 1.82) is 0 Å². The first kappa shape index (κ1) is 13.8. The molecule has 0 aliphatic rings. The van der Waals surface area contributed by atoms with E-state index in [1.54, 1.807) is 0 Å². The van der Waals surface area contributed by atoms with Crippen LogP contribution < -0.4 is 5.19 Å². The molecule has 0 saturated carbocycles. The molecule has 3 heteroatoms. The summed E-state index contributed by atoms with van der Waals surface area (Å²) >= 11 is 6.02. The molecule has 90 valence electrons. The van der Waals surface area contributed by atoms with Gasteiger partial charge in [-0.25, -0.2) is 0 Å². The Morgan fingerprint density at radius 3 is 2.19 bits per heavy atom. The Morgan fingerprint density at radius 1 is 1.19 bits per heavy atom. The summed E-state index contributed by atoms with van der Waals surface area (Å²) in [5.41, 5.74) is 1.33. The lowest BCUT2D eigenvalue weighted by atomic mass is 10.2. The summed E-state index contributed by atoms with van der Waals surface area (Å²) in [4.78, 5) is 0. The highest BCUT2D eigenvalue weighted by Crippen LogP contribution is 2.16. The van der Waals surface area contributed by atoms with E-state index in [1.165, 1.54) is 10.8 Å². The van der Waals surface area contributed by atoms with Crippen molar-refractivity contribution in [3.05, 3.63) is 28.8 Å². The molecule has 0 amide bonds. The maximum atomic E-state index is 6.02. The van der Waals surface area contributed by atoms with Crippen LogP contribution >= 0.6 is 11.6 Å². The minimum atomic E-state index is -1.50. The number of benzene rings is 1. The Labute approximate surface area is 106 Å². The first-order valence-corrected chi connectivity index (χ1v) is 9.27. The maximum absolute atomic E-state index is 6.02. The van der Waals surface area contributed by atoms with Gasteiger partial charge in [-0.3, -0.25) is 0 Å². The van der Waals surface area contributed by atoms with Gasteiger partial charge in [-0.2, -0.15) is 0 Å². The molecule has 0 unspecified atom stereocenters. The van der Waals surface area contributed by atoms with Gasteiger partial charge in [-0.1, -0.05) is 44.6 Å². The highest BCUT2D eigenvalue weighted by atomic mass is 35.5. The smallest absolute Gasteiger partial charge is 0.154 e. The maximum Gasteiger partial charge on any atom is 0.154 e. The third-order valence-electron chi connectivity index (χ3n) is 3.40. The lowest BCUT2D eigenvalue weighted by molar-refractivity contribution is 0.474. The second-order valence-electron chi connectivity index (χ2n) is 4.69. The van der Waals surface area contributed by atoms with E-state index < -0.39 is 8.24 Å². The summed E-state index contributed by atoms with van der Waals surface area (Å²) in [7, 11) is -1.50. The zero-order chi connectivity index (χ0) is 12.3. The topological polar surface area (TPSA) is 3.24 Å². The minimum Gasteiger partial charge on any atom is -0.321 e. The summed E-state index contributed by atoms with van der Waals surface area (Å²) in [5.74, 6) is 0. The second-order valence-corrected chi connectivity index (χ2v) is 9.42. The summed E-state index contributed by atoms with van der Waals surface area (Å²) in [6.45, 7) is 13.7. The molecule has 0 N–H and O–H groups in total. The standard InChI is InChI=1S/C13H22ClNSi/c1-6-15(7-2)16(4,5)13-9-8-12(14)10-11(13)3/h8-10H,6-7H2,1-5H3. The van der Waals surface area contributed by atoms with Gasteiger partial charge in [0.25, 0.3) is 0 Å². The van der Waals surface area contributed by atoms with Gasteiger partial charge in [0.2, 0.25) is 0 Å². The number of rotatable bonds is 4. The molecule has 0 aromatic heterocycles. The minimum absolute atomic E-state index is 0.839. The van der Waals surface area contributed by atoms with Crippen molar-refractivity contribution in [3.63, 3.8) is 0 Å². The van der Waals surface area contributed by atoms with Gasteiger partial charge in [0.05, 0.1) is 0 Å². The molecule has 0 radical (unpaired) electrons. The van der Waals surface area contributed by atoms with E-state index in [0.29, 0.717) is 0 Å². The van der Waals surface area contributed by atoms with Crippen molar-refractivity contribution >= 4 is 25.0 Å². The van der Waals surface area contributed by atoms with Crippen molar-refractivity contribution in [2.75, 3.05) is 13.1 Å². The fourth-order valence-electron chi connectivity index (χ4n) is 2.50. The van der Waals surface area contributed by atoms with Gasteiger partial charge in [0, 0.05) is 5.02 Å². The Kier molecular flexibility index (Phi) is 4.59. The zero-order valence-electron chi connectivity index (χ0n) is 11.0. The van der Waals surface area contributed by atoms with Gasteiger partial charge in [0.1, 0.15) is 0 Å². The zero-order valence-corrected chi connectivity index (χ0v) is 12.7. The molecule has 0 aliphatic carbocycles. The van der Waals surface area contributed by atoms with E-state index in [-0.39, 0.29) is 0 Å². The lowest BCUT2D eigenvalue weighted by Crippen LogP contribution is -2.58.